The van der Waals surface area contributed by atoms with Gasteiger partial charge < -0.3 is 4.74 Å². The Balaban J connectivity index is 2.14. The second kappa shape index (κ2) is 4.93. The van der Waals surface area contributed by atoms with Crippen LogP contribution in [0, 0.1) is 13.8 Å². The summed E-state index contributed by atoms with van der Waals surface area (Å²) in [7, 11) is 1.67. The van der Waals surface area contributed by atoms with Crippen molar-refractivity contribution < 1.29 is 4.74 Å². The Kier molecular flexibility index (Phi) is 3.11. The monoisotopic (exact) mass is 264 g/mol. The third-order valence-corrected chi connectivity index (χ3v) is 3.36. The first-order valence-electron chi connectivity index (χ1n) is 6.57. The van der Waals surface area contributed by atoms with Crippen molar-refractivity contribution in [2.45, 2.75) is 13.8 Å². The zero-order valence-corrected chi connectivity index (χ0v) is 11.8. The number of aromatic nitrogens is 2. The largest absolute Gasteiger partial charge is 0.497 e. The number of nitrogens with zero attached hydrogens (tertiary/aromatic N) is 2. The molecule has 1 aromatic heterocycles. The Morgan fingerprint density at radius 3 is 2.30 bits per heavy atom. The van der Waals surface area contributed by atoms with Crippen molar-refractivity contribution in [3.8, 4) is 17.0 Å². The number of benzene rings is 2. The predicted octanol–water partition coefficient (Wildman–Crippen LogP) is 3.92. The number of aryl methyl sites for hydroxylation is 2. The van der Waals surface area contributed by atoms with E-state index in [1.54, 1.807) is 7.11 Å². The first kappa shape index (κ1) is 12.6. The van der Waals surface area contributed by atoms with Crippen LogP contribution in [0.3, 0.4) is 0 Å². The Bertz CT molecular complexity index is 764. The van der Waals surface area contributed by atoms with Crippen LogP contribution in [-0.4, -0.2) is 17.1 Å². The third-order valence-electron chi connectivity index (χ3n) is 3.36. The van der Waals surface area contributed by atoms with Crippen LogP contribution in [0.15, 0.2) is 42.5 Å². The molecule has 0 aliphatic heterocycles. The van der Waals surface area contributed by atoms with Crippen LogP contribution >= 0.6 is 0 Å². The molecule has 3 rings (SSSR count). The maximum Gasteiger partial charge on any atom is 0.118 e. The summed E-state index contributed by atoms with van der Waals surface area (Å²) >= 11 is 0. The third kappa shape index (κ3) is 2.23. The highest BCUT2D eigenvalue weighted by molar-refractivity contribution is 5.79. The highest BCUT2D eigenvalue weighted by Crippen LogP contribution is 2.25. The molecule has 1 heterocycles. The molecular formula is C17H16N2O. The molecule has 0 aliphatic rings. The molecule has 0 saturated heterocycles. The summed E-state index contributed by atoms with van der Waals surface area (Å²) in [4.78, 5) is 9.40. The second-order valence-corrected chi connectivity index (χ2v) is 4.88. The van der Waals surface area contributed by atoms with Crippen molar-refractivity contribution >= 4 is 11.0 Å². The molecule has 2 aromatic carbocycles. The van der Waals surface area contributed by atoms with E-state index in [9.17, 15) is 0 Å². The quantitative estimate of drug-likeness (QED) is 0.703. The van der Waals surface area contributed by atoms with Crippen molar-refractivity contribution in [3.63, 3.8) is 0 Å². The smallest absolute Gasteiger partial charge is 0.118 e. The van der Waals surface area contributed by atoms with Gasteiger partial charge in [-0.25, -0.2) is 9.97 Å². The molecule has 0 aliphatic carbocycles. The fourth-order valence-electron chi connectivity index (χ4n) is 2.27. The lowest BCUT2D eigenvalue weighted by molar-refractivity contribution is 0.415. The van der Waals surface area contributed by atoms with Gasteiger partial charge in [-0.1, -0.05) is 6.07 Å². The molecule has 0 bridgehead atoms. The molecule has 3 aromatic rings. The van der Waals surface area contributed by atoms with Gasteiger partial charge in [0.15, 0.2) is 0 Å². The summed E-state index contributed by atoms with van der Waals surface area (Å²) in [5, 5.41) is 0. The van der Waals surface area contributed by atoms with E-state index < -0.39 is 0 Å². The van der Waals surface area contributed by atoms with Crippen LogP contribution in [0.4, 0.5) is 0 Å². The van der Waals surface area contributed by atoms with Gasteiger partial charge in [-0.15, -0.1) is 0 Å². The van der Waals surface area contributed by atoms with Crippen LogP contribution in [0.1, 0.15) is 11.3 Å². The van der Waals surface area contributed by atoms with Gasteiger partial charge in [0.05, 0.1) is 29.5 Å². The van der Waals surface area contributed by atoms with Crippen molar-refractivity contribution in [1.82, 2.24) is 9.97 Å². The Hall–Kier alpha value is -2.42. The molecule has 100 valence electrons. The highest BCUT2D eigenvalue weighted by Gasteiger charge is 2.08. The molecular weight excluding hydrogens is 248 g/mol. The number of ether oxygens (including phenoxy) is 1. The van der Waals surface area contributed by atoms with Crippen LogP contribution < -0.4 is 4.74 Å². The lowest BCUT2D eigenvalue weighted by Crippen LogP contribution is -1.95. The second-order valence-electron chi connectivity index (χ2n) is 4.88. The zero-order valence-electron chi connectivity index (χ0n) is 11.8. The summed E-state index contributed by atoms with van der Waals surface area (Å²) < 4.78 is 5.18. The maximum atomic E-state index is 5.18. The first-order valence-corrected chi connectivity index (χ1v) is 6.57. The Labute approximate surface area is 118 Å². The van der Waals surface area contributed by atoms with Gasteiger partial charge >= 0.3 is 0 Å². The summed E-state index contributed by atoms with van der Waals surface area (Å²) in [5.41, 5.74) is 5.98. The topological polar surface area (TPSA) is 35.0 Å². The fourth-order valence-corrected chi connectivity index (χ4v) is 2.27. The van der Waals surface area contributed by atoms with E-state index in [4.69, 9.17) is 9.72 Å². The van der Waals surface area contributed by atoms with Crippen molar-refractivity contribution in [2.75, 3.05) is 7.11 Å². The number of fused-ring (bicyclic) bond motifs is 1. The fraction of sp³-hybridized carbons (Fsp3) is 0.176. The SMILES string of the molecule is COc1ccc(-c2nc3ccc(C)cc3nc2C)cc1. The van der Waals surface area contributed by atoms with Gasteiger partial charge in [-0.2, -0.15) is 0 Å². The molecule has 0 saturated carbocycles. The average Bonchev–Trinajstić information content (AvgIpc) is 2.46. The molecule has 0 fully saturated rings. The predicted molar refractivity (Wildman–Crippen MR) is 81.0 cm³/mol. The van der Waals surface area contributed by atoms with E-state index in [1.165, 1.54) is 5.56 Å². The van der Waals surface area contributed by atoms with E-state index in [0.29, 0.717) is 0 Å². The molecule has 0 unspecified atom stereocenters. The van der Waals surface area contributed by atoms with Gasteiger partial charge in [0.2, 0.25) is 0 Å². The summed E-state index contributed by atoms with van der Waals surface area (Å²) in [5.74, 6) is 0.843. The number of hydrogen-bond donors (Lipinski definition) is 0. The normalized spacial score (nSPS) is 10.8. The average molecular weight is 264 g/mol. The van der Waals surface area contributed by atoms with Gasteiger partial charge in [0.25, 0.3) is 0 Å². The molecule has 0 amide bonds. The van der Waals surface area contributed by atoms with E-state index >= 15 is 0 Å². The van der Waals surface area contributed by atoms with Crippen molar-refractivity contribution in [1.29, 1.82) is 0 Å². The van der Waals surface area contributed by atoms with E-state index in [1.807, 2.05) is 37.3 Å². The van der Waals surface area contributed by atoms with Gasteiger partial charge in [0.1, 0.15) is 5.75 Å². The summed E-state index contributed by atoms with van der Waals surface area (Å²) in [6.45, 7) is 4.06. The van der Waals surface area contributed by atoms with Gasteiger partial charge in [-0.05, 0) is 55.8 Å². The van der Waals surface area contributed by atoms with Crippen LogP contribution in [-0.2, 0) is 0 Å². The molecule has 20 heavy (non-hydrogen) atoms. The van der Waals surface area contributed by atoms with Crippen LogP contribution in [0.25, 0.3) is 22.3 Å². The van der Waals surface area contributed by atoms with Crippen molar-refractivity contribution in [2.24, 2.45) is 0 Å². The zero-order chi connectivity index (χ0) is 14.1. The minimum absolute atomic E-state index is 0.843. The maximum absolute atomic E-state index is 5.18. The lowest BCUT2D eigenvalue weighted by atomic mass is 10.1. The van der Waals surface area contributed by atoms with Crippen LogP contribution in [0.2, 0.25) is 0 Å². The molecule has 3 nitrogen and oxygen atoms in total. The number of rotatable bonds is 2. The van der Waals surface area contributed by atoms with E-state index in [2.05, 4.69) is 24.0 Å². The van der Waals surface area contributed by atoms with E-state index in [-0.39, 0.29) is 0 Å². The van der Waals surface area contributed by atoms with Gasteiger partial charge in [0, 0.05) is 5.56 Å². The molecule has 0 spiro atoms. The summed E-state index contributed by atoms with van der Waals surface area (Å²) in [6.07, 6.45) is 0. The molecule has 3 heteroatoms. The van der Waals surface area contributed by atoms with Crippen molar-refractivity contribution in [3.05, 3.63) is 53.7 Å². The van der Waals surface area contributed by atoms with E-state index in [0.717, 1.165) is 33.7 Å². The Morgan fingerprint density at radius 1 is 0.850 bits per heavy atom. The minimum Gasteiger partial charge on any atom is -0.497 e. The van der Waals surface area contributed by atoms with Crippen LogP contribution in [0.5, 0.6) is 5.75 Å². The number of methoxy groups -OCH3 is 1. The number of hydrogen-bond acceptors (Lipinski definition) is 3. The lowest BCUT2D eigenvalue weighted by Gasteiger charge is -2.08. The molecule has 0 N–H and O–H groups in total. The molecule has 0 atom stereocenters. The minimum atomic E-state index is 0.843. The molecule has 0 radical (unpaired) electrons. The highest BCUT2D eigenvalue weighted by atomic mass is 16.5. The first-order chi connectivity index (χ1) is 9.67. The van der Waals surface area contributed by atoms with Gasteiger partial charge in [-0.3, -0.25) is 0 Å². The standard InChI is InChI=1S/C17H16N2O/c1-11-4-9-15-16(10-11)18-12(2)17(19-15)13-5-7-14(20-3)8-6-13/h4-10H,1-3H3. The Morgan fingerprint density at radius 2 is 1.60 bits per heavy atom. The summed E-state index contributed by atoms with van der Waals surface area (Å²) in [6, 6.07) is 14.0.